The Morgan fingerprint density at radius 1 is 0.642 bits per heavy atom. The van der Waals surface area contributed by atoms with Gasteiger partial charge in [0.25, 0.3) is 11.1 Å². The second-order valence-corrected chi connectivity index (χ2v) is 16.3. The smallest absolute Gasteiger partial charge is 0.387 e. The van der Waals surface area contributed by atoms with Crippen LogP contribution in [0.1, 0.15) is 18.0 Å². The number of fused-ring (bicyclic) bond motifs is 1. The van der Waals surface area contributed by atoms with Gasteiger partial charge >= 0.3 is 34.8 Å². The van der Waals surface area contributed by atoms with Gasteiger partial charge in [-0.05, 0) is 5.56 Å². The number of rotatable bonds is 14. The Kier molecular flexibility index (Phi) is 11.5. The Bertz CT molecular complexity index is 2180. The molecule has 0 aliphatic carbocycles. The van der Waals surface area contributed by atoms with Gasteiger partial charge in [-0.25, -0.2) is 23.3 Å². The van der Waals surface area contributed by atoms with Crippen molar-refractivity contribution in [2.24, 2.45) is 0 Å². The molecule has 0 amide bonds. The van der Waals surface area contributed by atoms with Gasteiger partial charge in [0.1, 0.15) is 36.6 Å². The number of ether oxygens (including phenoxy) is 4. The van der Waals surface area contributed by atoms with Crippen LogP contribution in [-0.4, -0.2) is 100 Å². The lowest BCUT2D eigenvalue weighted by Gasteiger charge is -2.22. The summed E-state index contributed by atoms with van der Waals surface area (Å²) in [5.41, 5.74) is -2.56. The molecule has 2 aromatic heterocycles. The van der Waals surface area contributed by atoms with Crippen molar-refractivity contribution in [3.8, 4) is 0 Å². The first-order valence-corrected chi connectivity index (χ1v) is 19.7. The van der Waals surface area contributed by atoms with Crippen LogP contribution in [0.15, 0.2) is 74.0 Å². The van der Waals surface area contributed by atoms with Crippen molar-refractivity contribution in [2.75, 3.05) is 13.2 Å². The van der Waals surface area contributed by atoms with E-state index in [1.807, 2.05) is 4.98 Å². The molecule has 0 saturated carbocycles. The molecule has 0 radical (unpaired) electrons. The van der Waals surface area contributed by atoms with Gasteiger partial charge < -0.3 is 43.8 Å². The van der Waals surface area contributed by atoms with Gasteiger partial charge in [0, 0.05) is 30.9 Å². The van der Waals surface area contributed by atoms with Crippen LogP contribution >= 0.6 is 23.5 Å². The van der Waals surface area contributed by atoms with Gasteiger partial charge in [-0.2, -0.15) is 8.62 Å². The number of aromatic amines is 2. The number of aliphatic hydroxyl groups excluding tert-OH is 2. The van der Waals surface area contributed by atoms with E-state index >= 15 is 0 Å². The lowest BCUT2D eigenvalue weighted by Crippen LogP contribution is -2.37. The van der Waals surface area contributed by atoms with Crippen LogP contribution in [0, 0.1) is 0 Å². The molecule has 4 unspecified atom stereocenters. The highest BCUT2D eigenvalue weighted by Crippen LogP contribution is 2.68. The highest BCUT2D eigenvalue weighted by molar-refractivity contribution is 7.66. The first-order valence-electron chi connectivity index (χ1n) is 15.3. The number of nitrogens with zero attached hydrogens (tertiary/aromatic N) is 2. The van der Waals surface area contributed by atoms with Crippen LogP contribution in [0.4, 0.5) is 0 Å². The average Bonchev–Trinajstić information content (AvgIpc) is 3.70. The van der Waals surface area contributed by atoms with Crippen molar-refractivity contribution in [3.05, 3.63) is 102 Å². The topological polar surface area (TPSA) is 336 Å². The molecule has 12 atom stereocenters. The third kappa shape index (κ3) is 9.35. The normalized spacial score (nSPS) is 31.8. The zero-order valence-electron chi connectivity index (χ0n) is 26.6. The molecule has 3 saturated heterocycles. The molecule has 3 aliphatic heterocycles. The highest BCUT2D eigenvalue weighted by Gasteiger charge is 2.55. The van der Waals surface area contributed by atoms with E-state index < -0.39 is 115 Å². The molecule has 6 rings (SSSR count). The lowest BCUT2D eigenvalue weighted by molar-refractivity contribution is -0.150. The van der Waals surface area contributed by atoms with Gasteiger partial charge in [-0.3, -0.25) is 37.7 Å². The zero-order chi connectivity index (χ0) is 38.3. The van der Waals surface area contributed by atoms with E-state index in [1.165, 1.54) is 0 Å². The van der Waals surface area contributed by atoms with Crippen molar-refractivity contribution in [3.63, 3.8) is 0 Å². The van der Waals surface area contributed by atoms with Crippen LogP contribution in [0.5, 0.6) is 0 Å². The number of nitrogens with one attached hydrogen (secondary N) is 2. The van der Waals surface area contributed by atoms with Gasteiger partial charge in [-0.1, -0.05) is 30.3 Å². The predicted octanol–water partition coefficient (Wildman–Crippen LogP) is -1.68. The number of aliphatic hydroxyl groups is 2. The molecule has 3 fully saturated rings. The molecule has 5 heterocycles. The lowest BCUT2D eigenvalue weighted by atomic mass is 10.1. The maximum absolute atomic E-state index is 12.7. The van der Waals surface area contributed by atoms with Crippen molar-refractivity contribution in [1.29, 1.82) is 0 Å². The number of hydrogen-bond acceptors (Lipinski definition) is 17. The highest BCUT2D eigenvalue weighted by atomic mass is 31.3. The first-order chi connectivity index (χ1) is 24.9. The van der Waals surface area contributed by atoms with Gasteiger partial charge in [0.2, 0.25) is 0 Å². The average molecular weight is 812 g/mol. The standard InChI is InChI=1S/C26H31N4O20P3/c31-16-6-8-29(25(35)27-16)23-20(34)19(33)14(45-23)11-43-51(37,38)49-53(41,42)50-52(39,40)44-12-15-21-22(24(46-15)30-9-7-17(32)28-26(30)36)48-18(47-21)10-13-4-2-1-3-5-13/h1-9,14-15,18-24,33-34H,10-12H2,(H,37,38)(H,39,40)(H,41,42)(H,27,31,35)(H,28,32,36)/t14-,15+,18?,19-,20-,21+,22+,23-,24+/m0/s1. The summed E-state index contributed by atoms with van der Waals surface area (Å²) < 4.78 is 80.0. The second kappa shape index (κ2) is 15.5. The summed E-state index contributed by atoms with van der Waals surface area (Å²) in [7, 11) is -17.3. The van der Waals surface area contributed by atoms with Gasteiger partial charge in [0.15, 0.2) is 18.7 Å². The summed E-state index contributed by atoms with van der Waals surface area (Å²) in [5.74, 6) is 0. The Balaban J connectivity index is 1.06. The van der Waals surface area contributed by atoms with Gasteiger partial charge in [-0.15, -0.1) is 0 Å². The minimum Gasteiger partial charge on any atom is -0.387 e. The molecule has 53 heavy (non-hydrogen) atoms. The van der Waals surface area contributed by atoms with Crippen LogP contribution in [0.3, 0.4) is 0 Å². The summed E-state index contributed by atoms with van der Waals surface area (Å²) in [6, 6.07) is 10.9. The van der Waals surface area contributed by atoms with E-state index in [0.717, 1.165) is 34.7 Å². The number of phosphoric acid groups is 3. The molecular formula is C26H31N4O20P3. The van der Waals surface area contributed by atoms with Crippen LogP contribution in [-0.2, 0) is 56.7 Å². The second-order valence-electron chi connectivity index (χ2n) is 11.6. The molecular weight excluding hydrogens is 781 g/mol. The van der Waals surface area contributed by atoms with E-state index in [2.05, 4.69) is 18.1 Å². The Morgan fingerprint density at radius 2 is 1.15 bits per heavy atom. The molecule has 0 spiro atoms. The molecule has 1 aromatic carbocycles. The number of H-pyrrole nitrogens is 2. The van der Waals surface area contributed by atoms with Crippen LogP contribution in [0.2, 0.25) is 0 Å². The molecule has 3 aromatic rings. The number of phosphoric ester groups is 2. The summed E-state index contributed by atoms with van der Waals surface area (Å²) in [6.45, 7) is -2.01. The third-order valence-corrected chi connectivity index (χ3v) is 12.2. The van der Waals surface area contributed by atoms with Crippen LogP contribution < -0.4 is 22.5 Å². The molecule has 24 nitrogen and oxygen atoms in total. The van der Waals surface area contributed by atoms with E-state index in [0.29, 0.717) is 4.57 Å². The maximum atomic E-state index is 12.7. The molecule has 27 heteroatoms. The summed E-state index contributed by atoms with van der Waals surface area (Å²) in [4.78, 5) is 81.8. The number of aromatic nitrogens is 4. The Labute approximate surface area is 294 Å². The Morgan fingerprint density at radius 3 is 1.72 bits per heavy atom. The fourth-order valence-electron chi connectivity index (χ4n) is 5.67. The van der Waals surface area contributed by atoms with Crippen molar-refractivity contribution >= 4 is 23.5 Å². The first kappa shape index (κ1) is 39.4. The van der Waals surface area contributed by atoms with Crippen molar-refractivity contribution < 1.29 is 75.2 Å². The zero-order valence-corrected chi connectivity index (χ0v) is 29.3. The molecule has 7 N–H and O–H groups in total. The van der Waals surface area contributed by atoms with E-state index in [9.17, 15) is 57.8 Å². The minimum atomic E-state index is -5.98. The van der Waals surface area contributed by atoms with Crippen molar-refractivity contribution in [2.45, 2.75) is 61.8 Å². The summed E-state index contributed by atoms with van der Waals surface area (Å²) in [5, 5.41) is 20.6. The van der Waals surface area contributed by atoms with Gasteiger partial charge in [0.05, 0.1) is 13.2 Å². The quantitative estimate of drug-likeness (QED) is 0.0894. The van der Waals surface area contributed by atoms with Crippen LogP contribution in [0.25, 0.3) is 0 Å². The summed E-state index contributed by atoms with van der Waals surface area (Å²) >= 11 is 0. The molecule has 290 valence electrons. The van der Waals surface area contributed by atoms with E-state index in [1.54, 1.807) is 30.3 Å². The molecule has 0 bridgehead atoms. The van der Waals surface area contributed by atoms with Crippen molar-refractivity contribution in [1.82, 2.24) is 19.1 Å². The fourth-order valence-corrected chi connectivity index (χ4v) is 9.19. The van der Waals surface area contributed by atoms with E-state index in [4.69, 9.17) is 23.5 Å². The monoisotopic (exact) mass is 812 g/mol. The fraction of sp³-hybridized carbons (Fsp3) is 0.462. The Hall–Kier alpha value is -3.25. The maximum Gasteiger partial charge on any atom is 0.490 e. The molecule has 3 aliphatic rings. The van der Waals surface area contributed by atoms with E-state index in [-0.39, 0.29) is 6.42 Å². The SMILES string of the molecule is O=c1ccn([C@@H]2O[C@H](COP(=O)(O)OP(=O)(O)OP(=O)(O)OC[C@@H]3O[C@H](n4ccc(=O)[nH]c4=O)[C@@H](O)[C@H]3O)[C@H]3OC(Cc4ccccc4)O[C@H]32)c(=O)[nH]1. The predicted molar refractivity (Wildman–Crippen MR) is 170 cm³/mol. The number of benzene rings is 1. The number of hydrogen-bond donors (Lipinski definition) is 7. The minimum absolute atomic E-state index is 0.243. The third-order valence-electron chi connectivity index (χ3n) is 7.95. The summed E-state index contributed by atoms with van der Waals surface area (Å²) in [6.07, 6.45) is -10.1. The largest absolute Gasteiger partial charge is 0.490 e.